The fourth-order valence-corrected chi connectivity index (χ4v) is 3.81. The first-order valence-corrected chi connectivity index (χ1v) is 10.1. The van der Waals surface area contributed by atoms with Crippen LogP contribution < -0.4 is 9.47 Å². The quantitative estimate of drug-likeness (QED) is 0.218. The van der Waals surface area contributed by atoms with Crippen LogP contribution in [-0.4, -0.2) is 47.4 Å². The topological polar surface area (TPSA) is 119 Å². The number of rotatable bonds is 8. The zero-order chi connectivity index (χ0) is 23.4. The van der Waals surface area contributed by atoms with Crippen molar-refractivity contribution in [1.82, 2.24) is 4.90 Å². The summed E-state index contributed by atoms with van der Waals surface area (Å²) in [5.74, 6) is -1.36. The van der Waals surface area contributed by atoms with E-state index in [9.17, 15) is 24.8 Å². The van der Waals surface area contributed by atoms with Gasteiger partial charge in [0.05, 0.1) is 30.8 Å². The number of benzene rings is 2. The Hall–Kier alpha value is -3.88. The molecular weight excluding hydrogens is 416 g/mol. The maximum absolute atomic E-state index is 13.0. The molecule has 1 N–H and O–H groups in total. The Bertz CT molecular complexity index is 1090. The average molecular weight is 440 g/mol. The molecule has 9 nitrogen and oxygen atoms in total. The van der Waals surface area contributed by atoms with Crippen molar-refractivity contribution < 1.29 is 29.1 Å². The molecule has 2 aromatic carbocycles. The van der Waals surface area contributed by atoms with E-state index in [1.807, 2.05) is 6.92 Å². The number of nitrogens with zero attached hydrogens (tertiary/aromatic N) is 2. The highest BCUT2D eigenvalue weighted by molar-refractivity contribution is 6.46. The SMILES string of the molecule is CCCCN1C(=O)C(=O)/C(=C(/O)c2cccc([N+](=O)[O-])c2)C1c1cccc(OC)c1OC. The minimum atomic E-state index is -0.939. The number of nitro groups is 1. The van der Waals surface area contributed by atoms with E-state index >= 15 is 0 Å². The number of aliphatic hydroxyl groups excluding tert-OH is 1. The zero-order valence-corrected chi connectivity index (χ0v) is 18.0. The van der Waals surface area contributed by atoms with E-state index in [1.165, 1.54) is 37.3 Å². The van der Waals surface area contributed by atoms with Crippen molar-refractivity contribution in [2.75, 3.05) is 20.8 Å². The molecule has 3 rings (SSSR count). The predicted molar refractivity (Wildman–Crippen MR) is 117 cm³/mol. The number of hydrogen-bond donors (Lipinski definition) is 1. The molecule has 1 unspecified atom stereocenters. The number of Topliss-reactive ketones (excluding diaryl/α,β-unsaturated/α-hetero) is 1. The Morgan fingerprint density at radius 3 is 2.50 bits per heavy atom. The smallest absolute Gasteiger partial charge is 0.295 e. The largest absolute Gasteiger partial charge is 0.507 e. The van der Waals surface area contributed by atoms with E-state index < -0.39 is 28.4 Å². The maximum atomic E-state index is 13.0. The van der Waals surface area contributed by atoms with Crippen molar-refractivity contribution in [3.8, 4) is 11.5 Å². The van der Waals surface area contributed by atoms with Crippen LogP contribution in [0.2, 0.25) is 0 Å². The number of ketones is 1. The average Bonchev–Trinajstić information content (AvgIpc) is 3.06. The van der Waals surface area contributed by atoms with Gasteiger partial charge in [-0.1, -0.05) is 37.6 Å². The fourth-order valence-electron chi connectivity index (χ4n) is 3.81. The second-order valence-electron chi connectivity index (χ2n) is 7.24. The minimum Gasteiger partial charge on any atom is -0.507 e. The molecule has 0 aromatic heterocycles. The lowest BCUT2D eigenvalue weighted by Crippen LogP contribution is -2.30. The number of para-hydroxylation sites is 1. The Kier molecular flexibility index (Phi) is 6.77. The van der Waals surface area contributed by atoms with Crippen molar-refractivity contribution in [3.05, 3.63) is 69.3 Å². The van der Waals surface area contributed by atoms with Gasteiger partial charge < -0.3 is 19.5 Å². The number of nitro benzene ring substituents is 1. The molecule has 0 bridgehead atoms. The molecule has 2 aromatic rings. The van der Waals surface area contributed by atoms with Crippen LogP contribution in [0, 0.1) is 10.1 Å². The number of methoxy groups -OCH3 is 2. The van der Waals surface area contributed by atoms with Gasteiger partial charge in [-0.05, 0) is 12.5 Å². The van der Waals surface area contributed by atoms with Gasteiger partial charge in [0.1, 0.15) is 5.76 Å². The van der Waals surface area contributed by atoms with Gasteiger partial charge in [0.2, 0.25) is 0 Å². The molecule has 1 fully saturated rings. The second-order valence-corrected chi connectivity index (χ2v) is 7.24. The van der Waals surface area contributed by atoms with Crippen LogP contribution in [0.15, 0.2) is 48.0 Å². The number of hydrogen-bond acceptors (Lipinski definition) is 7. The number of carbonyl (C=O) groups excluding carboxylic acids is 2. The second kappa shape index (κ2) is 9.51. The maximum Gasteiger partial charge on any atom is 0.295 e. The number of carbonyl (C=O) groups is 2. The molecule has 0 saturated carbocycles. The van der Waals surface area contributed by atoms with Crippen molar-refractivity contribution in [3.63, 3.8) is 0 Å². The van der Waals surface area contributed by atoms with Crippen LogP contribution >= 0.6 is 0 Å². The van der Waals surface area contributed by atoms with Crippen molar-refractivity contribution in [2.45, 2.75) is 25.8 Å². The number of aliphatic hydroxyl groups is 1. The van der Waals surface area contributed by atoms with Crippen LogP contribution in [0.25, 0.3) is 5.76 Å². The lowest BCUT2D eigenvalue weighted by molar-refractivity contribution is -0.384. The van der Waals surface area contributed by atoms with E-state index in [0.717, 1.165) is 12.5 Å². The fraction of sp³-hybridized carbons (Fsp3) is 0.304. The monoisotopic (exact) mass is 440 g/mol. The number of ether oxygens (including phenoxy) is 2. The van der Waals surface area contributed by atoms with E-state index in [4.69, 9.17) is 9.47 Å². The van der Waals surface area contributed by atoms with E-state index in [0.29, 0.717) is 23.5 Å². The summed E-state index contributed by atoms with van der Waals surface area (Å²) in [4.78, 5) is 37.9. The standard InChI is InChI=1S/C23H24N2O7/c1-4-5-12-24-19(16-10-7-11-17(31-2)22(16)32-3)18(21(27)23(24)28)20(26)14-8-6-9-15(13-14)25(29)30/h6-11,13,19,26H,4-5,12H2,1-3H3/b20-18+. The summed E-state index contributed by atoms with van der Waals surface area (Å²) in [6, 6.07) is 9.42. The van der Waals surface area contributed by atoms with Gasteiger partial charge in [0.25, 0.3) is 17.4 Å². The zero-order valence-electron chi connectivity index (χ0n) is 18.0. The number of non-ortho nitro benzene ring substituents is 1. The van der Waals surface area contributed by atoms with Gasteiger partial charge in [-0.25, -0.2) is 0 Å². The molecular formula is C23H24N2O7. The molecule has 1 amide bonds. The van der Waals surface area contributed by atoms with E-state index in [2.05, 4.69) is 0 Å². The van der Waals surface area contributed by atoms with Crippen LogP contribution in [-0.2, 0) is 9.59 Å². The number of amides is 1. The van der Waals surface area contributed by atoms with Gasteiger partial charge >= 0.3 is 0 Å². The summed E-state index contributed by atoms with van der Waals surface area (Å²) in [7, 11) is 2.92. The molecule has 0 radical (unpaired) electrons. The summed E-state index contributed by atoms with van der Waals surface area (Å²) in [5, 5.41) is 22.2. The highest BCUT2D eigenvalue weighted by Gasteiger charge is 2.47. The lowest BCUT2D eigenvalue weighted by atomic mass is 9.94. The summed E-state index contributed by atoms with van der Waals surface area (Å²) in [6.45, 7) is 2.25. The lowest BCUT2D eigenvalue weighted by Gasteiger charge is -2.27. The van der Waals surface area contributed by atoms with Crippen LogP contribution in [0.5, 0.6) is 11.5 Å². The third kappa shape index (κ3) is 4.01. The first kappa shape index (κ1) is 22.8. The Morgan fingerprint density at radius 2 is 1.88 bits per heavy atom. The Labute approximate surface area is 185 Å². The molecule has 32 heavy (non-hydrogen) atoms. The third-order valence-corrected chi connectivity index (χ3v) is 5.35. The van der Waals surface area contributed by atoms with Crippen LogP contribution in [0.1, 0.15) is 36.9 Å². The Balaban J connectivity index is 2.27. The van der Waals surface area contributed by atoms with E-state index in [-0.39, 0.29) is 23.4 Å². The summed E-state index contributed by atoms with van der Waals surface area (Å²) in [5.41, 5.74) is 0.136. The number of likely N-dealkylation sites (tertiary alicyclic amines) is 1. The first-order valence-electron chi connectivity index (χ1n) is 10.1. The first-order chi connectivity index (χ1) is 15.3. The molecule has 1 atom stereocenters. The molecule has 9 heteroatoms. The van der Waals surface area contributed by atoms with Gasteiger partial charge in [0, 0.05) is 29.8 Å². The highest BCUT2D eigenvalue weighted by atomic mass is 16.6. The van der Waals surface area contributed by atoms with Crippen molar-refractivity contribution >= 4 is 23.1 Å². The van der Waals surface area contributed by atoms with E-state index in [1.54, 1.807) is 18.2 Å². The molecule has 1 aliphatic heterocycles. The molecule has 1 aliphatic rings. The molecule has 0 aliphatic carbocycles. The minimum absolute atomic E-state index is 0.0690. The van der Waals surface area contributed by atoms with Gasteiger partial charge in [-0.2, -0.15) is 0 Å². The van der Waals surface area contributed by atoms with Crippen LogP contribution in [0.3, 0.4) is 0 Å². The normalized spacial score (nSPS) is 17.5. The van der Waals surface area contributed by atoms with Gasteiger partial charge in [-0.15, -0.1) is 0 Å². The van der Waals surface area contributed by atoms with Crippen LogP contribution in [0.4, 0.5) is 5.69 Å². The van der Waals surface area contributed by atoms with Gasteiger partial charge in [0.15, 0.2) is 11.5 Å². The van der Waals surface area contributed by atoms with Gasteiger partial charge in [-0.3, -0.25) is 19.7 Å². The molecule has 1 saturated heterocycles. The predicted octanol–water partition coefficient (Wildman–Crippen LogP) is 3.83. The highest BCUT2D eigenvalue weighted by Crippen LogP contribution is 2.45. The summed E-state index contributed by atoms with van der Waals surface area (Å²) < 4.78 is 10.9. The molecule has 168 valence electrons. The molecule has 0 spiro atoms. The summed E-state index contributed by atoms with van der Waals surface area (Å²) >= 11 is 0. The third-order valence-electron chi connectivity index (χ3n) is 5.35. The van der Waals surface area contributed by atoms with Crippen molar-refractivity contribution in [1.29, 1.82) is 0 Å². The van der Waals surface area contributed by atoms with Crippen molar-refractivity contribution in [2.24, 2.45) is 0 Å². The summed E-state index contributed by atoms with van der Waals surface area (Å²) in [6.07, 6.45) is 1.43. The Morgan fingerprint density at radius 1 is 1.16 bits per heavy atom. The molecule has 1 heterocycles. The number of unbranched alkanes of at least 4 members (excludes halogenated alkanes) is 1.